The summed E-state index contributed by atoms with van der Waals surface area (Å²) in [6.07, 6.45) is 4.36. The first-order valence-electron chi connectivity index (χ1n) is 8.53. The van der Waals surface area contributed by atoms with E-state index in [4.69, 9.17) is 9.47 Å². The molecule has 0 bridgehead atoms. The van der Waals surface area contributed by atoms with Gasteiger partial charge in [-0.05, 0) is 37.9 Å². The summed E-state index contributed by atoms with van der Waals surface area (Å²) < 4.78 is 10.9. The van der Waals surface area contributed by atoms with E-state index in [0.717, 1.165) is 38.0 Å². The van der Waals surface area contributed by atoms with E-state index in [1.54, 1.807) is 26.4 Å². The van der Waals surface area contributed by atoms with Crippen LogP contribution in [0, 0.1) is 0 Å². The second kappa shape index (κ2) is 8.73. The summed E-state index contributed by atoms with van der Waals surface area (Å²) in [7, 11) is 3.20. The zero-order valence-corrected chi connectivity index (χ0v) is 14.9. The Hall–Kier alpha value is -2.01. The fourth-order valence-corrected chi connectivity index (χ4v) is 3.24. The normalized spacial score (nSPS) is 16.7. The van der Waals surface area contributed by atoms with Crippen molar-refractivity contribution in [3.8, 4) is 11.5 Å². The first-order valence-corrected chi connectivity index (χ1v) is 8.53. The molecule has 0 radical (unpaired) electrons. The van der Waals surface area contributed by atoms with E-state index in [9.17, 15) is 4.79 Å². The molecule has 1 aliphatic rings. The van der Waals surface area contributed by atoms with E-state index < -0.39 is 0 Å². The van der Waals surface area contributed by atoms with Crippen LogP contribution < -0.4 is 14.8 Å². The number of nitrogens with zero attached hydrogens (tertiary/aromatic N) is 1. The van der Waals surface area contributed by atoms with Gasteiger partial charge in [-0.25, -0.2) is 0 Å². The van der Waals surface area contributed by atoms with Gasteiger partial charge in [-0.15, -0.1) is 6.58 Å². The summed E-state index contributed by atoms with van der Waals surface area (Å²) in [6, 6.07) is 3.93. The van der Waals surface area contributed by atoms with Crippen LogP contribution in [0.25, 0.3) is 0 Å². The topological polar surface area (TPSA) is 50.8 Å². The minimum absolute atomic E-state index is 0.0526. The van der Waals surface area contributed by atoms with E-state index in [1.165, 1.54) is 0 Å². The number of benzene rings is 1. The molecule has 1 atom stereocenters. The number of carbonyl (C=O) groups is 1. The average Bonchev–Trinajstić information content (AvgIpc) is 3.12. The number of hydrogen-bond acceptors (Lipinski definition) is 4. The number of hydrogen-bond donors (Lipinski definition) is 1. The molecule has 1 N–H and O–H groups in total. The van der Waals surface area contributed by atoms with Crippen molar-refractivity contribution < 1.29 is 14.3 Å². The van der Waals surface area contributed by atoms with E-state index in [-0.39, 0.29) is 11.9 Å². The first kappa shape index (κ1) is 18.3. The van der Waals surface area contributed by atoms with Gasteiger partial charge >= 0.3 is 0 Å². The predicted octanol–water partition coefficient (Wildman–Crippen LogP) is 2.65. The molecule has 1 saturated heterocycles. The molecule has 1 unspecified atom stereocenters. The summed E-state index contributed by atoms with van der Waals surface area (Å²) in [5, 5.41) is 3.34. The highest BCUT2D eigenvalue weighted by atomic mass is 16.5. The second-order valence-corrected chi connectivity index (χ2v) is 6.01. The van der Waals surface area contributed by atoms with Crippen LogP contribution in [-0.4, -0.2) is 50.7 Å². The lowest BCUT2D eigenvalue weighted by Crippen LogP contribution is -2.42. The zero-order valence-electron chi connectivity index (χ0n) is 14.9. The highest BCUT2D eigenvalue weighted by molar-refractivity contribution is 5.95. The van der Waals surface area contributed by atoms with Crippen LogP contribution in [0.4, 0.5) is 0 Å². The Balaban J connectivity index is 2.38. The predicted molar refractivity (Wildman–Crippen MR) is 96.0 cm³/mol. The highest BCUT2D eigenvalue weighted by Gasteiger charge is 2.27. The van der Waals surface area contributed by atoms with Gasteiger partial charge in [0.1, 0.15) is 0 Å². The first-order chi connectivity index (χ1) is 11.7. The number of carbonyl (C=O) groups excluding carboxylic acids is 1. The quantitative estimate of drug-likeness (QED) is 0.744. The van der Waals surface area contributed by atoms with Crippen LogP contribution in [-0.2, 0) is 6.42 Å². The molecule has 1 fully saturated rings. The summed E-state index contributed by atoms with van der Waals surface area (Å²) >= 11 is 0. The Morgan fingerprint density at radius 3 is 2.75 bits per heavy atom. The molecule has 0 saturated carbocycles. The molecule has 1 aromatic carbocycles. The van der Waals surface area contributed by atoms with E-state index in [0.29, 0.717) is 23.5 Å². The molecule has 1 amide bonds. The smallest absolute Gasteiger partial charge is 0.254 e. The Bertz CT molecular complexity index is 580. The van der Waals surface area contributed by atoms with E-state index in [2.05, 4.69) is 18.8 Å². The van der Waals surface area contributed by atoms with Crippen molar-refractivity contribution in [1.29, 1.82) is 0 Å². The summed E-state index contributed by atoms with van der Waals surface area (Å²) in [5.74, 6) is 1.30. The standard InChI is InChI=1S/C19H28N2O3/c1-5-7-14-11-15(12-17(23-3)18(14)24-4)19(22)21(10-6-2)16-8-9-20-13-16/h5,11-12,16,20H,1,6-10,13H2,2-4H3. The molecule has 5 nitrogen and oxygen atoms in total. The Morgan fingerprint density at radius 2 is 2.21 bits per heavy atom. The number of amides is 1. The minimum Gasteiger partial charge on any atom is -0.493 e. The maximum atomic E-state index is 13.1. The molecule has 1 heterocycles. The Kier molecular flexibility index (Phi) is 6.67. The van der Waals surface area contributed by atoms with Crippen LogP contribution in [0.3, 0.4) is 0 Å². The summed E-state index contributed by atoms with van der Waals surface area (Å²) in [5.41, 5.74) is 1.56. The molecule has 0 aliphatic carbocycles. The number of nitrogens with one attached hydrogen (secondary N) is 1. The molecule has 1 aromatic rings. The molecule has 24 heavy (non-hydrogen) atoms. The maximum Gasteiger partial charge on any atom is 0.254 e. The van der Waals surface area contributed by atoms with Gasteiger partial charge in [0.25, 0.3) is 5.91 Å². The fraction of sp³-hybridized carbons (Fsp3) is 0.526. The van der Waals surface area contributed by atoms with E-state index >= 15 is 0 Å². The molecular weight excluding hydrogens is 304 g/mol. The molecule has 0 aromatic heterocycles. The van der Waals surface area contributed by atoms with Gasteiger partial charge in [-0.2, -0.15) is 0 Å². The molecule has 2 rings (SSSR count). The SMILES string of the molecule is C=CCc1cc(C(=O)N(CCC)C2CCNC2)cc(OC)c1OC. The van der Waals surface area contributed by atoms with Crippen LogP contribution in [0.15, 0.2) is 24.8 Å². The van der Waals surface area contributed by atoms with Crippen LogP contribution in [0.5, 0.6) is 11.5 Å². The molecule has 0 spiro atoms. The minimum atomic E-state index is 0.0526. The van der Waals surface area contributed by atoms with Gasteiger partial charge in [0.05, 0.1) is 14.2 Å². The summed E-state index contributed by atoms with van der Waals surface area (Å²) in [4.78, 5) is 15.1. The Morgan fingerprint density at radius 1 is 1.42 bits per heavy atom. The molecular formula is C19H28N2O3. The molecule has 5 heteroatoms. The van der Waals surface area contributed by atoms with Crippen LogP contribution >= 0.6 is 0 Å². The average molecular weight is 332 g/mol. The van der Waals surface area contributed by atoms with E-state index in [1.807, 2.05) is 11.0 Å². The van der Waals surface area contributed by atoms with Crippen molar-refractivity contribution in [2.75, 3.05) is 33.9 Å². The van der Waals surface area contributed by atoms with Gasteiger partial charge in [0, 0.05) is 30.3 Å². The van der Waals surface area contributed by atoms with Gasteiger partial charge in [-0.1, -0.05) is 13.0 Å². The fourth-order valence-electron chi connectivity index (χ4n) is 3.24. The third kappa shape index (κ3) is 3.90. The third-order valence-corrected chi connectivity index (χ3v) is 4.37. The van der Waals surface area contributed by atoms with Crippen molar-refractivity contribution >= 4 is 5.91 Å². The number of ether oxygens (including phenoxy) is 2. The molecule has 132 valence electrons. The second-order valence-electron chi connectivity index (χ2n) is 6.01. The third-order valence-electron chi connectivity index (χ3n) is 4.37. The monoisotopic (exact) mass is 332 g/mol. The summed E-state index contributed by atoms with van der Waals surface area (Å²) in [6.45, 7) is 8.47. The number of allylic oxidation sites excluding steroid dienone is 1. The largest absolute Gasteiger partial charge is 0.493 e. The van der Waals surface area contributed by atoms with Gasteiger partial charge < -0.3 is 19.7 Å². The lowest BCUT2D eigenvalue weighted by Gasteiger charge is -2.29. The Labute approximate surface area is 144 Å². The number of methoxy groups -OCH3 is 2. The van der Waals surface area contributed by atoms with Crippen molar-refractivity contribution in [1.82, 2.24) is 10.2 Å². The lowest BCUT2D eigenvalue weighted by molar-refractivity contribution is 0.0691. The van der Waals surface area contributed by atoms with Gasteiger partial charge in [0.15, 0.2) is 11.5 Å². The van der Waals surface area contributed by atoms with Gasteiger partial charge in [0.2, 0.25) is 0 Å². The highest BCUT2D eigenvalue weighted by Crippen LogP contribution is 2.34. The van der Waals surface area contributed by atoms with Crippen molar-refractivity contribution in [2.24, 2.45) is 0 Å². The van der Waals surface area contributed by atoms with Crippen LogP contribution in [0.1, 0.15) is 35.7 Å². The van der Waals surface area contributed by atoms with Crippen molar-refractivity contribution in [3.05, 3.63) is 35.9 Å². The zero-order chi connectivity index (χ0) is 17.5. The van der Waals surface area contributed by atoms with Crippen LogP contribution in [0.2, 0.25) is 0 Å². The van der Waals surface area contributed by atoms with Gasteiger partial charge in [-0.3, -0.25) is 4.79 Å². The number of rotatable bonds is 8. The molecule has 1 aliphatic heterocycles. The van der Waals surface area contributed by atoms with Crippen molar-refractivity contribution in [2.45, 2.75) is 32.2 Å². The maximum absolute atomic E-state index is 13.1. The van der Waals surface area contributed by atoms with Crippen molar-refractivity contribution in [3.63, 3.8) is 0 Å². The lowest BCUT2D eigenvalue weighted by atomic mass is 10.0.